The van der Waals surface area contributed by atoms with Crippen molar-refractivity contribution >= 4 is 21.9 Å². The molecular formula is C10H14N2O5S. The summed E-state index contributed by atoms with van der Waals surface area (Å²) in [4.78, 5) is 10.7. The largest absolute Gasteiger partial charge is 0.506 e. The fourth-order valence-electron chi connectivity index (χ4n) is 1.24. The molecule has 0 aliphatic heterocycles. The minimum atomic E-state index is -3.85. The zero-order valence-corrected chi connectivity index (χ0v) is 10.7. The highest BCUT2D eigenvalue weighted by molar-refractivity contribution is 7.90. The second-order valence-electron chi connectivity index (χ2n) is 3.92. The molecular weight excluding hydrogens is 260 g/mol. The molecule has 0 heterocycles. The highest BCUT2D eigenvalue weighted by atomic mass is 32.2. The Morgan fingerprint density at radius 1 is 1.33 bits per heavy atom. The Kier molecular flexibility index (Phi) is 4.15. The summed E-state index contributed by atoms with van der Waals surface area (Å²) in [6.45, 7) is 3.26. The molecule has 18 heavy (non-hydrogen) atoms. The Hall–Kier alpha value is -1.80. The van der Waals surface area contributed by atoms with Crippen LogP contribution in [0.1, 0.15) is 24.2 Å². The van der Waals surface area contributed by atoms with Gasteiger partial charge in [0.25, 0.3) is 10.2 Å². The lowest BCUT2D eigenvalue weighted by Crippen LogP contribution is -2.35. The molecule has 1 rings (SSSR count). The third-order valence-electron chi connectivity index (χ3n) is 1.88. The summed E-state index contributed by atoms with van der Waals surface area (Å²) in [6, 6.07) is 2.99. The molecule has 0 aromatic heterocycles. The number of anilines is 1. The molecule has 0 saturated carbocycles. The van der Waals surface area contributed by atoms with Crippen LogP contribution in [0.2, 0.25) is 0 Å². The number of hydrogen-bond donors (Lipinski definition) is 4. The average molecular weight is 274 g/mol. The minimum Gasteiger partial charge on any atom is -0.506 e. The average Bonchev–Trinajstić information content (AvgIpc) is 2.18. The van der Waals surface area contributed by atoms with Crippen LogP contribution >= 0.6 is 0 Å². The Bertz CT molecular complexity index is 553. The second-order valence-corrected chi connectivity index (χ2v) is 5.36. The number of carboxylic acids is 1. The number of nitrogens with one attached hydrogen (secondary N) is 2. The number of rotatable bonds is 5. The van der Waals surface area contributed by atoms with E-state index in [0.717, 1.165) is 12.1 Å². The van der Waals surface area contributed by atoms with Crippen LogP contribution in [-0.2, 0) is 10.2 Å². The number of phenols is 1. The van der Waals surface area contributed by atoms with Crippen LogP contribution in [0.3, 0.4) is 0 Å². The molecule has 1 aromatic rings. The maximum Gasteiger partial charge on any atom is 0.335 e. The zero-order valence-electron chi connectivity index (χ0n) is 9.84. The first-order valence-electron chi connectivity index (χ1n) is 5.07. The van der Waals surface area contributed by atoms with Gasteiger partial charge in [0.15, 0.2) is 0 Å². The Morgan fingerprint density at radius 2 is 1.94 bits per heavy atom. The van der Waals surface area contributed by atoms with Gasteiger partial charge in [0.1, 0.15) is 5.75 Å². The quantitative estimate of drug-likeness (QED) is 0.591. The molecule has 0 aliphatic carbocycles. The SMILES string of the molecule is CC(C)NS(=O)(=O)Nc1cc(C(=O)O)ccc1O. The van der Waals surface area contributed by atoms with E-state index in [1.165, 1.54) is 6.07 Å². The van der Waals surface area contributed by atoms with Gasteiger partial charge in [-0.25, -0.2) is 4.79 Å². The van der Waals surface area contributed by atoms with Gasteiger partial charge in [0.2, 0.25) is 0 Å². The molecule has 0 unspecified atom stereocenters. The highest BCUT2D eigenvalue weighted by Gasteiger charge is 2.15. The maximum atomic E-state index is 11.6. The number of aromatic carboxylic acids is 1. The van der Waals surface area contributed by atoms with Crippen molar-refractivity contribution in [3.05, 3.63) is 23.8 Å². The molecule has 100 valence electrons. The fraction of sp³-hybridized carbons (Fsp3) is 0.300. The van der Waals surface area contributed by atoms with Gasteiger partial charge in [-0.2, -0.15) is 13.1 Å². The van der Waals surface area contributed by atoms with Crippen molar-refractivity contribution in [2.75, 3.05) is 4.72 Å². The van der Waals surface area contributed by atoms with Crippen LogP contribution < -0.4 is 9.44 Å². The van der Waals surface area contributed by atoms with Gasteiger partial charge < -0.3 is 10.2 Å². The standard InChI is InChI=1S/C10H14N2O5S/c1-6(2)11-18(16,17)12-8-5-7(10(14)15)3-4-9(8)13/h3-6,11-13H,1-2H3,(H,14,15). The van der Waals surface area contributed by atoms with Gasteiger partial charge in [0.05, 0.1) is 11.3 Å². The molecule has 1 aromatic carbocycles. The van der Waals surface area contributed by atoms with E-state index < -0.39 is 16.2 Å². The molecule has 0 radical (unpaired) electrons. The predicted molar refractivity (Wildman–Crippen MR) is 65.9 cm³/mol. The van der Waals surface area contributed by atoms with Gasteiger partial charge in [-0.05, 0) is 32.0 Å². The van der Waals surface area contributed by atoms with E-state index in [-0.39, 0.29) is 23.0 Å². The Labute approximate surface area is 105 Å². The molecule has 0 fully saturated rings. The molecule has 0 saturated heterocycles. The Morgan fingerprint density at radius 3 is 2.44 bits per heavy atom. The maximum absolute atomic E-state index is 11.6. The summed E-state index contributed by atoms with van der Waals surface area (Å²) in [7, 11) is -3.85. The predicted octanol–water partition coefficient (Wildman–Crippen LogP) is 0.745. The fourth-order valence-corrected chi connectivity index (χ4v) is 2.37. The number of hydrogen-bond acceptors (Lipinski definition) is 4. The molecule has 0 aliphatic rings. The van der Waals surface area contributed by atoms with Crippen molar-refractivity contribution in [2.45, 2.75) is 19.9 Å². The lowest BCUT2D eigenvalue weighted by atomic mass is 10.2. The van der Waals surface area contributed by atoms with E-state index in [9.17, 15) is 18.3 Å². The molecule has 0 spiro atoms. The van der Waals surface area contributed by atoms with Crippen LogP contribution in [0.4, 0.5) is 5.69 Å². The summed E-state index contributed by atoms with van der Waals surface area (Å²) < 4.78 is 27.4. The lowest BCUT2D eigenvalue weighted by Gasteiger charge is -2.12. The lowest BCUT2D eigenvalue weighted by molar-refractivity contribution is 0.0697. The normalized spacial score (nSPS) is 11.5. The van der Waals surface area contributed by atoms with Crippen LogP contribution in [0.25, 0.3) is 0 Å². The number of phenolic OH excluding ortho intramolecular Hbond substituents is 1. The van der Waals surface area contributed by atoms with Crippen molar-refractivity contribution in [1.29, 1.82) is 0 Å². The molecule has 7 nitrogen and oxygen atoms in total. The third kappa shape index (κ3) is 3.90. The van der Waals surface area contributed by atoms with Crippen LogP contribution in [0.15, 0.2) is 18.2 Å². The topological polar surface area (TPSA) is 116 Å². The van der Waals surface area contributed by atoms with Gasteiger partial charge in [0, 0.05) is 6.04 Å². The van der Waals surface area contributed by atoms with E-state index in [1.54, 1.807) is 13.8 Å². The summed E-state index contributed by atoms with van der Waals surface area (Å²) >= 11 is 0. The van der Waals surface area contributed by atoms with Crippen molar-refractivity contribution in [3.8, 4) is 5.75 Å². The summed E-state index contributed by atoms with van der Waals surface area (Å²) in [5, 5.41) is 18.2. The molecule has 0 atom stereocenters. The third-order valence-corrected chi connectivity index (χ3v) is 3.15. The number of carbonyl (C=O) groups is 1. The number of carboxylic acid groups (broad SMARTS) is 1. The Balaban J connectivity index is 3.04. The first kappa shape index (κ1) is 14.3. The zero-order chi connectivity index (χ0) is 13.9. The van der Waals surface area contributed by atoms with Crippen molar-refractivity contribution in [2.24, 2.45) is 0 Å². The molecule has 4 N–H and O–H groups in total. The molecule has 8 heteroatoms. The first-order chi connectivity index (χ1) is 8.21. The first-order valence-corrected chi connectivity index (χ1v) is 6.56. The van der Waals surface area contributed by atoms with Crippen molar-refractivity contribution in [3.63, 3.8) is 0 Å². The number of aromatic hydroxyl groups is 1. The van der Waals surface area contributed by atoms with E-state index in [2.05, 4.69) is 9.44 Å². The molecule has 0 bridgehead atoms. The van der Waals surface area contributed by atoms with Gasteiger partial charge in [-0.3, -0.25) is 4.72 Å². The van der Waals surface area contributed by atoms with Crippen LogP contribution in [0.5, 0.6) is 5.75 Å². The van der Waals surface area contributed by atoms with E-state index in [0.29, 0.717) is 0 Å². The van der Waals surface area contributed by atoms with E-state index >= 15 is 0 Å². The van der Waals surface area contributed by atoms with E-state index in [1.807, 2.05) is 0 Å². The van der Waals surface area contributed by atoms with Crippen LogP contribution in [0, 0.1) is 0 Å². The van der Waals surface area contributed by atoms with Crippen molar-refractivity contribution < 1.29 is 23.4 Å². The summed E-state index contributed by atoms with van der Waals surface area (Å²) in [5.41, 5.74) is -0.321. The van der Waals surface area contributed by atoms with E-state index in [4.69, 9.17) is 5.11 Å². The number of benzene rings is 1. The summed E-state index contributed by atoms with van der Waals surface area (Å²) in [6.07, 6.45) is 0. The minimum absolute atomic E-state index is 0.130. The van der Waals surface area contributed by atoms with Gasteiger partial charge in [-0.1, -0.05) is 0 Å². The smallest absolute Gasteiger partial charge is 0.335 e. The van der Waals surface area contributed by atoms with Gasteiger partial charge >= 0.3 is 5.97 Å². The monoisotopic (exact) mass is 274 g/mol. The van der Waals surface area contributed by atoms with Crippen molar-refractivity contribution in [1.82, 2.24) is 4.72 Å². The highest BCUT2D eigenvalue weighted by Crippen LogP contribution is 2.25. The van der Waals surface area contributed by atoms with Crippen LogP contribution in [-0.4, -0.2) is 30.6 Å². The summed E-state index contributed by atoms with van der Waals surface area (Å²) in [5.74, 6) is -1.57. The molecule has 0 amide bonds. The second kappa shape index (κ2) is 5.23. The van der Waals surface area contributed by atoms with Gasteiger partial charge in [-0.15, -0.1) is 0 Å².